The Bertz CT molecular complexity index is 868. The van der Waals surface area contributed by atoms with E-state index in [4.69, 9.17) is 33.2 Å². The maximum Gasteiger partial charge on any atom is 0.256 e. The summed E-state index contributed by atoms with van der Waals surface area (Å²) in [5, 5.41) is 21.1. The molecule has 7 N–H and O–H groups in total. The summed E-state index contributed by atoms with van der Waals surface area (Å²) >= 11 is 6.16. The molecular formula is C20H27ClN6O2. The summed E-state index contributed by atoms with van der Waals surface area (Å²) in [7, 11) is 0. The van der Waals surface area contributed by atoms with E-state index in [1.54, 1.807) is 12.1 Å². The number of aliphatic hydroxyl groups excluding tert-OH is 1. The highest BCUT2D eigenvalue weighted by atomic mass is 35.5. The van der Waals surface area contributed by atoms with Crippen LogP contribution in [0.5, 0.6) is 0 Å². The lowest BCUT2D eigenvalue weighted by molar-refractivity contribution is -0.0217. The lowest BCUT2D eigenvalue weighted by Gasteiger charge is -2.27. The number of ether oxygens (including phenoxy) is 1. The monoisotopic (exact) mass is 418 g/mol. The van der Waals surface area contributed by atoms with Crippen LogP contribution in [0.2, 0.25) is 5.02 Å². The Hall–Kier alpha value is -2.42. The standard InChI is InChI=1S/C20H27ClN6O2/c1-11-5-7-12(8-6-11)10-25-16-15(13-3-2-4-14(21)9-13)26-19(27-17(16)22)18(23)29-20(24)28/h2-4,9,11-12,20,23,25,28H,5-8,10,24H2,1H3,(H2,22,26,27). The van der Waals surface area contributed by atoms with Crippen LogP contribution < -0.4 is 16.8 Å². The molecule has 1 atom stereocenters. The normalized spacial score (nSPS) is 20.1. The fraction of sp³-hybridized carbons (Fsp3) is 0.450. The summed E-state index contributed by atoms with van der Waals surface area (Å²) < 4.78 is 4.80. The quantitative estimate of drug-likeness (QED) is 0.275. The van der Waals surface area contributed by atoms with E-state index in [2.05, 4.69) is 22.2 Å². The number of aromatic nitrogens is 2. The Morgan fingerprint density at radius 1 is 1.34 bits per heavy atom. The number of nitrogens with zero attached hydrogens (tertiary/aromatic N) is 2. The minimum absolute atomic E-state index is 0.0704. The molecule has 0 spiro atoms. The summed E-state index contributed by atoms with van der Waals surface area (Å²) in [6.45, 7) is 3.06. The molecule has 1 aliphatic carbocycles. The number of halogens is 1. The highest BCUT2D eigenvalue weighted by molar-refractivity contribution is 6.30. The van der Waals surface area contributed by atoms with Crippen molar-refractivity contribution in [2.24, 2.45) is 17.6 Å². The molecule has 0 amide bonds. The highest BCUT2D eigenvalue weighted by Gasteiger charge is 2.22. The summed E-state index contributed by atoms with van der Waals surface area (Å²) in [5.74, 6) is 0.993. The molecule has 1 saturated carbocycles. The zero-order valence-corrected chi connectivity index (χ0v) is 17.1. The number of nitrogens with one attached hydrogen (secondary N) is 2. The van der Waals surface area contributed by atoms with Gasteiger partial charge in [0.05, 0.1) is 5.69 Å². The van der Waals surface area contributed by atoms with Gasteiger partial charge in [0.1, 0.15) is 5.69 Å². The molecule has 3 rings (SSSR count). The van der Waals surface area contributed by atoms with Crippen LogP contribution in [-0.2, 0) is 4.74 Å². The summed E-state index contributed by atoms with van der Waals surface area (Å²) in [4.78, 5) is 8.61. The van der Waals surface area contributed by atoms with Crippen molar-refractivity contribution in [2.75, 3.05) is 17.6 Å². The SMILES string of the molecule is CC1CCC(CNc2c(N)nc(C(=N)OC(N)O)nc2-c2cccc(Cl)c2)CC1. The van der Waals surface area contributed by atoms with Crippen LogP contribution in [0, 0.1) is 17.2 Å². The van der Waals surface area contributed by atoms with Crippen LogP contribution in [0.25, 0.3) is 11.3 Å². The maximum atomic E-state index is 9.18. The largest absolute Gasteiger partial charge is 0.432 e. The zero-order valence-electron chi connectivity index (χ0n) is 16.4. The molecular weight excluding hydrogens is 392 g/mol. The van der Waals surface area contributed by atoms with E-state index in [9.17, 15) is 5.11 Å². The molecule has 29 heavy (non-hydrogen) atoms. The smallest absolute Gasteiger partial charge is 0.256 e. The van der Waals surface area contributed by atoms with Gasteiger partial charge in [0.2, 0.25) is 5.82 Å². The van der Waals surface area contributed by atoms with Gasteiger partial charge < -0.3 is 20.9 Å². The number of hydrogen-bond acceptors (Lipinski definition) is 8. The van der Waals surface area contributed by atoms with E-state index in [0.717, 1.165) is 18.0 Å². The van der Waals surface area contributed by atoms with Gasteiger partial charge in [-0.05, 0) is 36.8 Å². The van der Waals surface area contributed by atoms with Gasteiger partial charge in [-0.1, -0.05) is 43.5 Å². The van der Waals surface area contributed by atoms with E-state index in [1.165, 1.54) is 25.7 Å². The van der Waals surface area contributed by atoms with Crippen LogP contribution in [0.15, 0.2) is 24.3 Å². The molecule has 1 heterocycles. The van der Waals surface area contributed by atoms with Crippen LogP contribution in [0.3, 0.4) is 0 Å². The molecule has 0 saturated heterocycles. The number of nitrogen functional groups attached to an aromatic ring is 1. The number of rotatable bonds is 6. The van der Waals surface area contributed by atoms with Gasteiger partial charge in [-0.3, -0.25) is 11.1 Å². The van der Waals surface area contributed by atoms with E-state index in [0.29, 0.717) is 22.3 Å². The highest BCUT2D eigenvalue weighted by Crippen LogP contribution is 2.33. The maximum absolute atomic E-state index is 9.18. The number of benzene rings is 1. The Balaban J connectivity index is 1.92. The van der Waals surface area contributed by atoms with E-state index < -0.39 is 12.3 Å². The first-order valence-corrected chi connectivity index (χ1v) is 10.1. The van der Waals surface area contributed by atoms with Crippen LogP contribution >= 0.6 is 11.6 Å². The average molecular weight is 419 g/mol. The van der Waals surface area contributed by atoms with Gasteiger partial charge in [-0.2, -0.15) is 0 Å². The third-order valence-corrected chi connectivity index (χ3v) is 5.41. The van der Waals surface area contributed by atoms with Gasteiger partial charge in [0, 0.05) is 17.1 Å². The third kappa shape index (κ3) is 5.56. The van der Waals surface area contributed by atoms with Gasteiger partial charge in [0.25, 0.3) is 12.3 Å². The van der Waals surface area contributed by atoms with Gasteiger partial charge >= 0.3 is 0 Å². The Morgan fingerprint density at radius 2 is 2.07 bits per heavy atom. The van der Waals surface area contributed by atoms with Crippen molar-refractivity contribution in [1.82, 2.24) is 9.97 Å². The molecule has 1 aromatic carbocycles. The minimum Gasteiger partial charge on any atom is -0.432 e. The fourth-order valence-corrected chi connectivity index (χ4v) is 3.74. The molecule has 8 nitrogen and oxygen atoms in total. The summed E-state index contributed by atoms with van der Waals surface area (Å²) in [6.07, 6.45) is 3.16. The van der Waals surface area contributed by atoms with E-state index in [-0.39, 0.29) is 11.6 Å². The van der Waals surface area contributed by atoms with Crippen molar-refractivity contribution >= 4 is 29.0 Å². The first-order chi connectivity index (χ1) is 13.8. The Kier molecular flexibility index (Phi) is 6.89. The van der Waals surface area contributed by atoms with Gasteiger partial charge in [0.15, 0.2) is 5.82 Å². The molecule has 9 heteroatoms. The van der Waals surface area contributed by atoms with Crippen molar-refractivity contribution < 1.29 is 9.84 Å². The molecule has 2 aromatic rings. The lowest BCUT2D eigenvalue weighted by atomic mass is 9.83. The van der Waals surface area contributed by atoms with Crippen LogP contribution in [0.4, 0.5) is 11.5 Å². The molecule has 156 valence electrons. The van der Waals surface area contributed by atoms with Gasteiger partial charge in [-0.25, -0.2) is 9.97 Å². The first kappa shape index (κ1) is 21.3. The zero-order chi connectivity index (χ0) is 21.0. The number of anilines is 2. The number of aliphatic hydroxyl groups is 1. The third-order valence-electron chi connectivity index (χ3n) is 5.18. The minimum atomic E-state index is -1.64. The van der Waals surface area contributed by atoms with Crippen molar-refractivity contribution in [3.05, 3.63) is 35.1 Å². The summed E-state index contributed by atoms with van der Waals surface area (Å²) in [5.41, 5.74) is 13.2. The molecule has 0 radical (unpaired) electrons. The molecule has 1 fully saturated rings. The van der Waals surface area contributed by atoms with Crippen molar-refractivity contribution in [3.8, 4) is 11.3 Å². The summed E-state index contributed by atoms with van der Waals surface area (Å²) in [6, 6.07) is 7.20. The molecule has 1 aromatic heterocycles. The topological polar surface area (TPSA) is 143 Å². The predicted octanol–water partition coefficient (Wildman–Crippen LogP) is 3.19. The van der Waals surface area contributed by atoms with E-state index in [1.807, 2.05) is 12.1 Å². The number of nitrogens with two attached hydrogens (primary N) is 2. The second kappa shape index (κ2) is 9.39. The molecule has 0 bridgehead atoms. The fourth-order valence-electron chi connectivity index (χ4n) is 3.55. The van der Waals surface area contributed by atoms with Crippen molar-refractivity contribution in [1.29, 1.82) is 5.41 Å². The average Bonchev–Trinajstić information content (AvgIpc) is 2.67. The molecule has 0 aliphatic heterocycles. The van der Waals surface area contributed by atoms with Gasteiger partial charge in [-0.15, -0.1) is 0 Å². The lowest BCUT2D eigenvalue weighted by Crippen LogP contribution is -2.28. The first-order valence-electron chi connectivity index (χ1n) is 9.70. The second-order valence-corrected chi connectivity index (χ2v) is 7.95. The number of hydrogen-bond donors (Lipinski definition) is 5. The molecule has 1 aliphatic rings. The predicted molar refractivity (Wildman–Crippen MR) is 115 cm³/mol. The van der Waals surface area contributed by atoms with Crippen LogP contribution in [0.1, 0.15) is 38.4 Å². The Labute approximate surface area is 175 Å². The van der Waals surface area contributed by atoms with E-state index >= 15 is 0 Å². The van der Waals surface area contributed by atoms with Crippen LogP contribution in [-0.4, -0.2) is 33.9 Å². The Morgan fingerprint density at radius 3 is 2.72 bits per heavy atom. The molecule has 1 unspecified atom stereocenters. The van der Waals surface area contributed by atoms with Crippen molar-refractivity contribution in [3.63, 3.8) is 0 Å². The second-order valence-electron chi connectivity index (χ2n) is 7.51. The van der Waals surface area contributed by atoms with Crippen molar-refractivity contribution in [2.45, 2.75) is 39.0 Å².